The minimum atomic E-state index is -3.98. The van der Waals surface area contributed by atoms with E-state index in [-0.39, 0.29) is 10.6 Å². The highest BCUT2D eigenvalue weighted by Crippen LogP contribution is 2.18. The number of aryl methyl sites for hydroxylation is 1. The molecule has 2 aromatic rings. The van der Waals surface area contributed by atoms with Gasteiger partial charge in [0.05, 0.1) is 12.0 Å². The number of sulfonamides is 1. The van der Waals surface area contributed by atoms with Crippen LogP contribution in [-0.2, 0) is 16.6 Å². The maximum absolute atomic E-state index is 12.3. The number of carboxylic acids is 1. The van der Waals surface area contributed by atoms with E-state index in [9.17, 15) is 13.2 Å². The molecule has 0 aliphatic rings. The van der Waals surface area contributed by atoms with Crippen molar-refractivity contribution in [1.29, 1.82) is 0 Å². The molecule has 0 bridgehead atoms. The molecule has 0 aliphatic heterocycles. The van der Waals surface area contributed by atoms with E-state index in [1.165, 1.54) is 6.92 Å². The third-order valence-electron chi connectivity index (χ3n) is 2.76. The number of rotatable bonds is 6. The Kier molecular flexibility index (Phi) is 4.09. The Morgan fingerprint density at radius 2 is 2.29 bits per heavy atom. The normalized spacial score (nSPS) is 13.2. The Balaban J connectivity index is 2.22. The summed E-state index contributed by atoms with van der Waals surface area (Å²) in [4.78, 5) is 14.6. The van der Waals surface area contributed by atoms with E-state index in [1.54, 1.807) is 30.2 Å². The molecule has 0 aliphatic carbocycles. The number of carboxylic acid groups (broad SMARTS) is 1. The lowest BCUT2D eigenvalue weighted by molar-refractivity contribution is 0.0686. The molecular formula is C11H15N5O4S. The number of nitrogens with zero attached hydrogens (tertiary/aromatic N) is 3. The first-order valence-corrected chi connectivity index (χ1v) is 7.56. The molecule has 0 aromatic carbocycles. The minimum Gasteiger partial charge on any atom is -0.476 e. The molecule has 0 fully saturated rings. The van der Waals surface area contributed by atoms with Gasteiger partial charge in [-0.1, -0.05) is 0 Å². The Labute approximate surface area is 121 Å². The minimum absolute atomic E-state index is 0.176. The number of carbonyl (C=O) groups is 1. The zero-order valence-corrected chi connectivity index (χ0v) is 12.3. The van der Waals surface area contributed by atoms with Gasteiger partial charge in [-0.3, -0.25) is 5.10 Å². The largest absolute Gasteiger partial charge is 0.476 e. The van der Waals surface area contributed by atoms with Crippen molar-refractivity contribution in [2.24, 2.45) is 0 Å². The van der Waals surface area contributed by atoms with Crippen LogP contribution in [-0.4, -0.2) is 45.3 Å². The summed E-state index contributed by atoms with van der Waals surface area (Å²) in [5.41, 5.74) is -0.343. The monoisotopic (exact) mass is 313 g/mol. The lowest BCUT2D eigenvalue weighted by Crippen LogP contribution is -2.36. The van der Waals surface area contributed by atoms with Crippen LogP contribution in [0.15, 0.2) is 23.6 Å². The van der Waals surface area contributed by atoms with Gasteiger partial charge < -0.3 is 9.67 Å². The van der Waals surface area contributed by atoms with Crippen molar-refractivity contribution in [2.45, 2.75) is 31.3 Å². The third-order valence-corrected chi connectivity index (χ3v) is 4.51. The van der Waals surface area contributed by atoms with E-state index < -0.39 is 27.7 Å². The lowest BCUT2D eigenvalue weighted by atomic mass is 10.4. The number of H-pyrrole nitrogens is 1. The first-order valence-electron chi connectivity index (χ1n) is 6.07. The van der Waals surface area contributed by atoms with Crippen molar-refractivity contribution < 1.29 is 18.3 Å². The zero-order valence-electron chi connectivity index (χ0n) is 11.4. The lowest BCUT2D eigenvalue weighted by Gasteiger charge is -2.14. The average molecular weight is 313 g/mol. The topological polar surface area (TPSA) is 130 Å². The van der Waals surface area contributed by atoms with E-state index >= 15 is 0 Å². The Morgan fingerprint density at radius 3 is 2.86 bits per heavy atom. The van der Waals surface area contributed by atoms with Gasteiger partial charge in [0, 0.05) is 25.0 Å². The van der Waals surface area contributed by atoms with Crippen molar-refractivity contribution in [3.05, 3.63) is 30.1 Å². The average Bonchev–Trinajstić information content (AvgIpc) is 2.97. The van der Waals surface area contributed by atoms with Gasteiger partial charge in [0.2, 0.25) is 10.0 Å². The van der Waals surface area contributed by atoms with Crippen molar-refractivity contribution in [2.75, 3.05) is 0 Å². The van der Waals surface area contributed by atoms with Gasteiger partial charge in [0.25, 0.3) is 0 Å². The van der Waals surface area contributed by atoms with Crippen molar-refractivity contribution in [1.82, 2.24) is 24.5 Å². The molecule has 0 saturated carbocycles. The molecule has 2 rings (SSSR count). The number of aromatic nitrogens is 4. The molecule has 0 spiro atoms. The van der Waals surface area contributed by atoms with Gasteiger partial charge in [-0.15, -0.1) is 0 Å². The molecular weight excluding hydrogens is 298 g/mol. The fourth-order valence-electron chi connectivity index (χ4n) is 1.96. The maximum atomic E-state index is 12.3. The Bertz CT molecular complexity index is 735. The quantitative estimate of drug-likeness (QED) is 0.687. The van der Waals surface area contributed by atoms with E-state index in [0.717, 1.165) is 0 Å². The Hall–Kier alpha value is -2.20. The fourth-order valence-corrected chi connectivity index (χ4v) is 3.52. The first-order chi connectivity index (χ1) is 9.81. The fraction of sp³-hybridized carbons (Fsp3) is 0.364. The third kappa shape index (κ3) is 3.28. The molecule has 114 valence electrons. The van der Waals surface area contributed by atoms with E-state index in [0.29, 0.717) is 6.54 Å². The molecule has 9 nitrogen and oxygen atoms in total. The van der Waals surface area contributed by atoms with Crippen LogP contribution in [0.4, 0.5) is 0 Å². The molecule has 0 saturated heterocycles. The van der Waals surface area contributed by atoms with Gasteiger partial charge in [-0.25, -0.2) is 22.9 Å². The second-order valence-electron chi connectivity index (χ2n) is 4.61. The molecule has 21 heavy (non-hydrogen) atoms. The summed E-state index contributed by atoms with van der Waals surface area (Å²) >= 11 is 0. The summed E-state index contributed by atoms with van der Waals surface area (Å²) in [5, 5.41) is 14.9. The summed E-state index contributed by atoms with van der Waals surface area (Å²) in [6, 6.07) is -0.444. The summed E-state index contributed by atoms with van der Waals surface area (Å²) < 4.78 is 28.8. The highest BCUT2D eigenvalue weighted by atomic mass is 32.2. The summed E-state index contributed by atoms with van der Waals surface area (Å²) in [6.07, 6.45) is 4.86. The van der Waals surface area contributed by atoms with Crippen LogP contribution in [0.2, 0.25) is 0 Å². The predicted octanol–water partition coefficient (Wildman–Crippen LogP) is -0.0202. The van der Waals surface area contributed by atoms with Crippen LogP contribution in [0.1, 0.15) is 23.1 Å². The summed E-state index contributed by atoms with van der Waals surface area (Å²) in [7, 11) is -3.98. The highest BCUT2D eigenvalue weighted by Gasteiger charge is 2.29. The van der Waals surface area contributed by atoms with Crippen LogP contribution in [0.25, 0.3) is 0 Å². The van der Waals surface area contributed by atoms with E-state index in [2.05, 4.69) is 19.9 Å². The molecule has 3 N–H and O–H groups in total. The first kappa shape index (κ1) is 15.2. The number of hydrogen-bond donors (Lipinski definition) is 3. The number of hydrogen-bond acceptors (Lipinski definition) is 5. The van der Waals surface area contributed by atoms with Crippen molar-refractivity contribution in [3.8, 4) is 0 Å². The van der Waals surface area contributed by atoms with Gasteiger partial charge >= 0.3 is 5.97 Å². The van der Waals surface area contributed by atoms with Crippen LogP contribution in [0.3, 0.4) is 0 Å². The van der Waals surface area contributed by atoms with Gasteiger partial charge in [-0.05, 0) is 13.8 Å². The summed E-state index contributed by atoms with van der Waals surface area (Å²) in [6.45, 7) is 3.50. The maximum Gasteiger partial charge on any atom is 0.357 e. The number of aromatic carboxylic acids is 1. The van der Waals surface area contributed by atoms with Crippen LogP contribution < -0.4 is 4.72 Å². The molecule has 1 unspecified atom stereocenters. The van der Waals surface area contributed by atoms with E-state index in [4.69, 9.17) is 5.11 Å². The second kappa shape index (κ2) is 5.66. The summed E-state index contributed by atoms with van der Waals surface area (Å²) in [5.74, 6) is -1.40. The van der Waals surface area contributed by atoms with Crippen LogP contribution in [0.5, 0.6) is 0 Å². The molecule has 1 atom stereocenters. The zero-order chi connectivity index (χ0) is 15.6. The van der Waals surface area contributed by atoms with Gasteiger partial charge in [0.15, 0.2) is 5.69 Å². The second-order valence-corrected chi connectivity index (χ2v) is 6.26. The Morgan fingerprint density at radius 1 is 1.57 bits per heavy atom. The molecule has 2 aromatic heterocycles. The number of nitrogens with one attached hydrogen (secondary N) is 2. The number of imidazole rings is 1. The van der Waals surface area contributed by atoms with Crippen LogP contribution >= 0.6 is 0 Å². The smallest absolute Gasteiger partial charge is 0.357 e. The van der Waals surface area contributed by atoms with Crippen molar-refractivity contribution >= 4 is 16.0 Å². The standard InChI is InChI=1S/C11H15N5O4S/c1-7(5-16-4-3-12-6-16)15-21(19,20)10-8(2)13-14-9(10)11(17)18/h3-4,6-7,15H,5H2,1-2H3,(H,13,14)(H,17,18). The highest BCUT2D eigenvalue weighted by molar-refractivity contribution is 7.89. The van der Waals surface area contributed by atoms with E-state index in [1.807, 2.05) is 0 Å². The molecule has 0 amide bonds. The predicted molar refractivity (Wildman–Crippen MR) is 72.3 cm³/mol. The molecule has 10 heteroatoms. The van der Waals surface area contributed by atoms with Gasteiger partial charge in [0.1, 0.15) is 4.90 Å². The molecule has 0 radical (unpaired) electrons. The van der Waals surface area contributed by atoms with Crippen LogP contribution in [0, 0.1) is 6.92 Å². The van der Waals surface area contributed by atoms with Crippen molar-refractivity contribution in [3.63, 3.8) is 0 Å². The molecule has 2 heterocycles. The van der Waals surface area contributed by atoms with Gasteiger partial charge in [-0.2, -0.15) is 5.10 Å². The SMILES string of the molecule is Cc1[nH]nc(C(=O)O)c1S(=O)(=O)NC(C)Cn1ccnc1. The number of aromatic amines is 1.